The van der Waals surface area contributed by atoms with Crippen LogP contribution in [-0.4, -0.2) is 24.5 Å². The van der Waals surface area contributed by atoms with Crippen molar-refractivity contribution in [3.05, 3.63) is 61.1 Å². The topological polar surface area (TPSA) is 106 Å². The third-order valence-corrected chi connectivity index (χ3v) is 3.48. The number of nitrogens with zero attached hydrogens (tertiary/aromatic N) is 3. The highest BCUT2D eigenvalue weighted by Crippen LogP contribution is 2.32. The van der Waals surface area contributed by atoms with Crippen LogP contribution in [0.15, 0.2) is 70.5 Å². The number of amides is 2. The third kappa shape index (κ3) is 3.99. The second-order valence-electron chi connectivity index (χ2n) is 5.18. The Morgan fingerprint density at radius 3 is 2.77 bits per heavy atom. The van der Waals surface area contributed by atoms with Crippen LogP contribution in [0.3, 0.4) is 0 Å². The van der Waals surface area contributed by atoms with Gasteiger partial charge in [0.2, 0.25) is 0 Å². The molecule has 1 heterocycles. The number of nitrogens with one attached hydrogen (secondary N) is 1. The normalized spacial score (nSPS) is 10.7. The van der Waals surface area contributed by atoms with E-state index in [1.165, 1.54) is 12.7 Å². The predicted molar refractivity (Wildman–Crippen MR) is 99.1 cm³/mol. The maximum atomic E-state index is 11.0. The number of hydrazine groups is 1. The van der Waals surface area contributed by atoms with Gasteiger partial charge in [0.25, 0.3) is 0 Å². The standard InChI is InChI=1S/C18H17N5O3/c1-25-16-9-13(7-8-15(16)17-10-20-12-26-17)22-23(11-21-18(19)24)14-5-3-2-4-6-14/h2-12,22H,1H3,(H2,19,24). The summed E-state index contributed by atoms with van der Waals surface area (Å²) in [4.78, 5) is 18.5. The number of nitrogens with two attached hydrogens (primary N) is 1. The molecule has 0 atom stereocenters. The molecule has 0 spiro atoms. The third-order valence-electron chi connectivity index (χ3n) is 3.48. The van der Waals surface area contributed by atoms with Gasteiger partial charge in [0, 0.05) is 6.07 Å². The Bertz CT molecular complexity index is 894. The number of para-hydroxylation sites is 1. The lowest BCUT2D eigenvalue weighted by Gasteiger charge is -2.22. The molecule has 132 valence electrons. The number of carbonyl (C=O) groups excluding carboxylic acids is 1. The Morgan fingerprint density at radius 1 is 1.31 bits per heavy atom. The molecule has 3 N–H and O–H groups in total. The number of ether oxygens (including phenoxy) is 1. The monoisotopic (exact) mass is 351 g/mol. The Labute approximate surface area is 149 Å². The van der Waals surface area contributed by atoms with Gasteiger partial charge in [-0.15, -0.1) is 0 Å². The van der Waals surface area contributed by atoms with E-state index in [4.69, 9.17) is 14.9 Å². The van der Waals surface area contributed by atoms with Crippen molar-refractivity contribution in [1.82, 2.24) is 4.98 Å². The van der Waals surface area contributed by atoms with Gasteiger partial charge >= 0.3 is 6.03 Å². The quantitative estimate of drug-likeness (QED) is 0.401. The van der Waals surface area contributed by atoms with E-state index in [0.29, 0.717) is 17.2 Å². The summed E-state index contributed by atoms with van der Waals surface area (Å²) in [6.07, 6.45) is 4.29. The van der Waals surface area contributed by atoms with Gasteiger partial charge in [0.15, 0.2) is 12.2 Å². The van der Waals surface area contributed by atoms with Gasteiger partial charge in [-0.3, -0.25) is 5.43 Å². The minimum Gasteiger partial charge on any atom is -0.496 e. The fraction of sp³-hybridized carbons (Fsp3) is 0.0556. The van der Waals surface area contributed by atoms with Gasteiger partial charge in [-0.05, 0) is 24.3 Å². The van der Waals surface area contributed by atoms with Gasteiger partial charge < -0.3 is 14.9 Å². The van der Waals surface area contributed by atoms with Gasteiger partial charge in [-0.2, -0.15) is 4.99 Å². The summed E-state index contributed by atoms with van der Waals surface area (Å²) in [6.45, 7) is 0. The molecule has 0 aliphatic carbocycles. The molecule has 0 saturated heterocycles. The van der Waals surface area contributed by atoms with E-state index in [0.717, 1.165) is 11.3 Å². The Kier molecular flexibility index (Phi) is 5.14. The lowest BCUT2D eigenvalue weighted by Crippen LogP contribution is -2.29. The van der Waals surface area contributed by atoms with Crippen LogP contribution in [0.5, 0.6) is 5.75 Å². The zero-order valence-electron chi connectivity index (χ0n) is 14.0. The van der Waals surface area contributed by atoms with Gasteiger partial charge in [-0.1, -0.05) is 18.2 Å². The summed E-state index contributed by atoms with van der Waals surface area (Å²) in [5.41, 5.74) is 10.5. The first-order valence-corrected chi connectivity index (χ1v) is 7.69. The number of anilines is 2. The van der Waals surface area contributed by atoms with E-state index in [-0.39, 0.29) is 0 Å². The van der Waals surface area contributed by atoms with Crippen LogP contribution in [0.25, 0.3) is 11.3 Å². The Morgan fingerprint density at radius 2 is 2.12 bits per heavy atom. The van der Waals surface area contributed by atoms with E-state index < -0.39 is 6.03 Å². The number of benzene rings is 2. The molecule has 0 aliphatic heterocycles. The number of hydrogen-bond donors (Lipinski definition) is 2. The van der Waals surface area contributed by atoms with Crippen molar-refractivity contribution in [3.8, 4) is 17.1 Å². The Hall–Kier alpha value is -3.81. The van der Waals surface area contributed by atoms with Crippen LogP contribution in [0.2, 0.25) is 0 Å². The van der Waals surface area contributed by atoms with E-state index in [1.807, 2.05) is 42.5 Å². The van der Waals surface area contributed by atoms with Crippen LogP contribution >= 0.6 is 0 Å². The number of urea groups is 1. The highest BCUT2D eigenvalue weighted by molar-refractivity contribution is 5.90. The second kappa shape index (κ2) is 7.84. The molecule has 8 nitrogen and oxygen atoms in total. The maximum Gasteiger partial charge on any atom is 0.339 e. The van der Waals surface area contributed by atoms with E-state index >= 15 is 0 Å². The zero-order chi connectivity index (χ0) is 18.4. The van der Waals surface area contributed by atoms with Crippen LogP contribution in [-0.2, 0) is 0 Å². The van der Waals surface area contributed by atoms with Crippen LogP contribution in [0.1, 0.15) is 0 Å². The fourth-order valence-corrected chi connectivity index (χ4v) is 2.32. The largest absolute Gasteiger partial charge is 0.496 e. The first-order chi connectivity index (χ1) is 12.7. The van der Waals surface area contributed by atoms with Crippen molar-refractivity contribution in [1.29, 1.82) is 0 Å². The summed E-state index contributed by atoms with van der Waals surface area (Å²) in [5.74, 6) is 1.20. The molecule has 0 saturated carbocycles. The molecular formula is C18H17N5O3. The molecule has 1 aromatic heterocycles. The summed E-state index contributed by atoms with van der Waals surface area (Å²) >= 11 is 0. The molecule has 0 aliphatic rings. The number of rotatable bonds is 6. The van der Waals surface area contributed by atoms with E-state index in [1.54, 1.807) is 24.4 Å². The van der Waals surface area contributed by atoms with Gasteiger partial charge in [0.1, 0.15) is 12.1 Å². The van der Waals surface area contributed by atoms with Crippen LogP contribution in [0, 0.1) is 0 Å². The molecule has 0 radical (unpaired) electrons. The van der Waals surface area contributed by atoms with E-state index in [9.17, 15) is 4.79 Å². The molecule has 2 amide bonds. The average molecular weight is 351 g/mol. The first-order valence-electron chi connectivity index (χ1n) is 7.69. The minimum absolute atomic E-state index is 0.601. The summed E-state index contributed by atoms with van der Waals surface area (Å²) in [6, 6.07) is 14.1. The number of hydrogen-bond acceptors (Lipinski definition) is 5. The zero-order valence-corrected chi connectivity index (χ0v) is 14.0. The van der Waals surface area contributed by atoms with Crippen molar-refractivity contribution in [2.24, 2.45) is 10.7 Å². The highest BCUT2D eigenvalue weighted by Gasteiger charge is 2.11. The Balaban J connectivity index is 1.90. The SMILES string of the molecule is COc1cc(NN(C=NC(N)=O)c2ccccc2)ccc1-c1cnco1. The van der Waals surface area contributed by atoms with Crippen molar-refractivity contribution < 1.29 is 13.9 Å². The van der Waals surface area contributed by atoms with Gasteiger partial charge in [0.05, 0.1) is 30.2 Å². The summed E-state index contributed by atoms with van der Waals surface area (Å²) in [7, 11) is 1.57. The number of aromatic nitrogens is 1. The van der Waals surface area contributed by atoms with E-state index in [2.05, 4.69) is 15.4 Å². The number of oxazole rings is 1. The summed E-state index contributed by atoms with van der Waals surface area (Å²) < 4.78 is 10.8. The number of methoxy groups -OCH3 is 1. The summed E-state index contributed by atoms with van der Waals surface area (Å²) in [5, 5.41) is 1.58. The molecule has 0 fully saturated rings. The molecule has 3 rings (SSSR count). The number of carbonyl (C=O) groups is 1. The molecule has 3 aromatic rings. The minimum atomic E-state index is -0.786. The number of primary amides is 1. The molecule has 26 heavy (non-hydrogen) atoms. The molecule has 2 aromatic carbocycles. The molecule has 0 bridgehead atoms. The molecule has 8 heteroatoms. The molecular weight excluding hydrogens is 334 g/mol. The van der Waals surface area contributed by atoms with Crippen LogP contribution < -0.4 is 20.9 Å². The van der Waals surface area contributed by atoms with Crippen molar-refractivity contribution in [2.45, 2.75) is 0 Å². The highest BCUT2D eigenvalue weighted by atomic mass is 16.5. The lowest BCUT2D eigenvalue weighted by molar-refractivity contribution is 0.257. The maximum absolute atomic E-state index is 11.0. The first kappa shape index (κ1) is 17.0. The smallest absolute Gasteiger partial charge is 0.339 e. The van der Waals surface area contributed by atoms with Gasteiger partial charge in [-0.25, -0.2) is 14.8 Å². The van der Waals surface area contributed by atoms with Crippen molar-refractivity contribution in [3.63, 3.8) is 0 Å². The lowest BCUT2D eigenvalue weighted by atomic mass is 10.1. The van der Waals surface area contributed by atoms with Crippen molar-refractivity contribution in [2.75, 3.05) is 17.5 Å². The van der Waals surface area contributed by atoms with Crippen LogP contribution in [0.4, 0.5) is 16.2 Å². The number of aliphatic imine (C=N–C) groups is 1. The average Bonchev–Trinajstić information content (AvgIpc) is 3.20. The van der Waals surface area contributed by atoms with Crippen molar-refractivity contribution >= 4 is 23.7 Å². The second-order valence-corrected chi connectivity index (χ2v) is 5.18. The predicted octanol–water partition coefficient (Wildman–Crippen LogP) is 3.29. The fourth-order valence-electron chi connectivity index (χ4n) is 2.32. The molecule has 0 unspecified atom stereocenters.